The summed E-state index contributed by atoms with van der Waals surface area (Å²) < 4.78 is 38.1. The summed E-state index contributed by atoms with van der Waals surface area (Å²) in [5.41, 5.74) is 0.862. The predicted octanol–water partition coefficient (Wildman–Crippen LogP) is 4.18. The fraction of sp³-hybridized carbons (Fsp3) is 0.111. The van der Waals surface area contributed by atoms with Crippen molar-refractivity contribution < 1.29 is 18.0 Å². The molecule has 0 aliphatic heterocycles. The number of carbonyl (C=O) groups is 1. The Balaban J connectivity index is 1.73. The fourth-order valence-corrected chi connectivity index (χ4v) is 2.36. The lowest BCUT2D eigenvalue weighted by Crippen LogP contribution is -2.23. The highest BCUT2D eigenvalue weighted by Crippen LogP contribution is 2.29. The van der Waals surface area contributed by atoms with Gasteiger partial charge in [-0.25, -0.2) is 0 Å². The van der Waals surface area contributed by atoms with E-state index in [-0.39, 0.29) is 12.5 Å². The molecular weight excluding hydrogens is 317 g/mol. The van der Waals surface area contributed by atoms with Crippen LogP contribution in [-0.4, -0.2) is 10.9 Å². The van der Waals surface area contributed by atoms with Crippen molar-refractivity contribution in [3.05, 3.63) is 77.5 Å². The molecule has 3 rings (SSSR count). The molecule has 0 aliphatic carbocycles. The van der Waals surface area contributed by atoms with Crippen molar-refractivity contribution in [3.8, 4) is 0 Å². The van der Waals surface area contributed by atoms with E-state index in [1.807, 2.05) is 6.07 Å². The monoisotopic (exact) mass is 330 g/mol. The molecule has 0 spiro atoms. The first-order chi connectivity index (χ1) is 11.4. The lowest BCUT2D eigenvalue weighted by atomic mass is 10.1. The Kier molecular flexibility index (Phi) is 4.20. The van der Waals surface area contributed by atoms with Crippen LogP contribution in [0.3, 0.4) is 0 Å². The van der Waals surface area contributed by atoms with Gasteiger partial charge in [0.25, 0.3) is 5.91 Å². The molecule has 0 bridgehead atoms. The molecule has 1 aromatic heterocycles. The van der Waals surface area contributed by atoms with Gasteiger partial charge in [0.15, 0.2) is 0 Å². The van der Waals surface area contributed by atoms with Gasteiger partial charge >= 0.3 is 6.18 Å². The molecule has 3 aromatic rings. The van der Waals surface area contributed by atoms with Crippen LogP contribution >= 0.6 is 0 Å². The minimum absolute atomic E-state index is 0.0217. The summed E-state index contributed by atoms with van der Waals surface area (Å²) in [7, 11) is 0. The van der Waals surface area contributed by atoms with E-state index >= 15 is 0 Å². The van der Waals surface area contributed by atoms with Crippen LogP contribution in [0.1, 0.15) is 21.5 Å². The molecule has 1 amide bonds. The zero-order chi connectivity index (χ0) is 17.2. The summed E-state index contributed by atoms with van der Waals surface area (Å²) in [5.74, 6) is -0.349. The second kappa shape index (κ2) is 6.31. The number of benzene rings is 2. The molecule has 0 radical (unpaired) electrons. The number of halogens is 3. The first-order valence-corrected chi connectivity index (χ1v) is 7.22. The molecule has 6 heteroatoms. The number of rotatable bonds is 3. The lowest BCUT2D eigenvalue weighted by Gasteiger charge is -2.10. The van der Waals surface area contributed by atoms with Gasteiger partial charge in [-0.15, -0.1) is 0 Å². The molecule has 0 saturated carbocycles. The van der Waals surface area contributed by atoms with Crippen molar-refractivity contribution in [1.29, 1.82) is 0 Å². The first kappa shape index (κ1) is 16.0. The van der Waals surface area contributed by atoms with E-state index in [0.29, 0.717) is 11.1 Å². The summed E-state index contributed by atoms with van der Waals surface area (Å²) in [4.78, 5) is 16.4. The second-order valence-electron chi connectivity index (χ2n) is 5.29. The van der Waals surface area contributed by atoms with Crippen molar-refractivity contribution >= 4 is 16.8 Å². The molecule has 0 unspecified atom stereocenters. The van der Waals surface area contributed by atoms with Gasteiger partial charge in [-0.1, -0.05) is 18.2 Å². The Labute approximate surface area is 136 Å². The van der Waals surface area contributed by atoms with Gasteiger partial charge in [-0.05, 0) is 42.0 Å². The standard InChI is InChI=1S/C18H13F3N2O/c19-18(20,21)15-5-1-3-12(9-15)11-23-17(24)14-6-7-16-13(10-14)4-2-8-22-16/h1-10H,11H2,(H,23,24). The number of pyridine rings is 1. The van der Waals surface area contributed by atoms with E-state index in [1.54, 1.807) is 36.5 Å². The van der Waals surface area contributed by atoms with Crippen LogP contribution in [0, 0.1) is 0 Å². The number of carbonyl (C=O) groups excluding carboxylic acids is 1. The van der Waals surface area contributed by atoms with E-state index in [4.69, 9.17) is 0 Å². The largest absolute Gasteiger partial charge is 0.416 e. The quantitative estimate of drug-likeness (QED) is 0.783. The number of fused-ring (bicyclic) bond motifs is 1. The smallest absolute Gasteiger partial charge is 0.348 e. The highest BCUT2D eigenvalue weighted by molar-refractivity contribution is 5.97. The van der Waals surface area contributed by atoms with Crippen molar-refractivity contribution in [1.82, 2.24) is 10.3 Å². The van der Waals surface area contributed by atoms with Gasteiger partial charge in [-0.3, -0.25) is 9.78 Å². The number of aromatic nitrogens is 1. The van der Waals surface area contributed by atoms with Gasteiger partial charge in [-0.2, -0.15) is 13.2 Å². The number of alkyl halides is 3. The van der Waals surface area contributed by atoms with Crippen molar-refractivity contribution in [2.75, 3.05) is 0 Å². The summed E-state index contributed by atoms with van der Waals surface area (Å²) in [6.07, 6.45) is -2.74. The van der Waals surface area contributed by atoms with Crippen molar-refractivity contribution in [2.24, 2.45) is 0 Å². The summed E-state index contributed by atoms with van der Waals surface area (Å²) in [6, 6.07) is 13.6. The van der Waals surface area contributed by atoms with Crippen LogP contribution < -0.4 is 5.32 Å². The zero-order valence-electron chi connectivity index (χ0n) is 12.5. The first-order valence-electron chi connectivity index (χ1n) is 7.22. The number of nitrogens with zero attached hydrogens (tertiary/aromatic N) is 1. The maximum atomic E-state index is 12.7. The molecular formula is C18H13F3N2O. The highest BCUT2D eigenvalue weighted by atomic mass is 19.4. The number of nitrogens with one attached hydrogen (secondary N) is 1. The summed E-state index contributed by atoms with van der Waals surface area (Å²) in [6.45, 7) is 0.0217. The average molecular weight is 330 g/mol. The maximum Gasteiger partial charge on any atom is 0.416 e. The highest BCUT2D eigenvalue weighted by Gasteiger charge is 2.30. The van der Waals surface area contributed by atoms with Crippen LogP contribution in [0.2, 0.25) is 0 Å². The predicted molar refractivity (Wildman–Crippen MR) is 84.4 cm³/mol. The molecule has 3 nitrogen and oxygen atoms in total. The van der Waals surface area contributed by atoms with Gasteiger partial charge in [0.05, 0.1) is 11.1 Å². The van der Waals surface area contributed by atoms with E-state index in [9.17, 15) is 18.0 Å². The minimum Gasteiger partial charge on any atom is -0.348 e. The molecule has 0 saturated heterocycles. The van der Waals surface area contributed by atoms with Crippen molar-refractivity contribution in [3.63, 3.8) is 0 Å². The van der Waals surface area contributed by atoms with E-state index in [1.165, 1.54) is 6.07 Å². The van der Waals surface area contributed by atoms with Crippen LogP contribution in [0.4, 0.5) is 13.2 Å². The SMILES string of the molecule is O=C(NCc1cccc(C(F)(F)F)c1)c1ccc2ncccc2c1. The molecule has 1 N–H and O–H groups in total. The molecule has 0 atom stereocenters. The van der Waals surface area contributed by atoms with E-state index in [2.05, 4.69) is 10.3 Å². The van der Waals surface area contributed by atoms with Gasteiger partial charge in [0, 0.05) is 23.7 Å². The van der Waals surface area contributed by atoms with E-state index < -0.39 is 11.7 Å². The number of amides is 1. The third-order valence-corrected chi connectivity index (χ3v) is 3.57. The van der Waals surface area contributed by atoms with Gasteiger partial charge in [0.1, 0.15) is 0 Å². The van der Waals surface area contributed by atoms with Crippen LogP contribution in [-0.2, 0) is 12.7 Å². The number of hydrogen-bond donors (Lipinski definition) is 1. The summed E-state index contributed by atoms with van der Waals surface area (Å²) in [5, 5.41) is 3.46. The molecule has 0 aliphatic rings. The molecule has 0 fully saturated rings. The van der Waals surface area contributed by atoms with Crippen LogP contribution in [0.5, 0.6) is 0 Å². The summed E-state index contributed by atoms with van der Waals surface area (Å²) >= 11 is 0. The topological polar surface area (TPSA) is 42.0 Å². The normalized spacial score (nSPS) is 11.5. The third-order valence-electron chi connectivity index (χ3n) is 3.57. The number of hydrogen-bond acceptors (Lipinski definition) is 2. The van der Waals surface area contributed by atoms with Gasteiger partial charge in [0.2, 0.25) is 0 Å². The van der Waals surface area contributed by atoms with Gasteiger partial charge < -0.3 is 5.32 Å². The van der Waals surface area contributed by atoms with Crippen LogP contribution in [0.15, 0.2) is 60.8 Å². The Hall–Kier alpha value is -2.89. The third kappa shape index (κ3) is 3.53. The lowest BCUT2D eigenvalue weighted by molar-refractivity contribution is -0.137. The Bertz CT molecular complexity index is 891. The second-order valence-corrected chi connectivity index (χ2v) is 5.29. The van der Waals surface area contributed by atoms with E-state index in [0.717, 1.165) is 23.0 Å². The molecule has 2 aromatic carbocycles. The average Bonchev–Trinajstić information content (AvgIpc) is 2.59. The van der Waals surface area contributed by atoms with Crippen LogP contribution in [0.25, 0.3) is 10.9 Å². The Morgan fingerprint density at radius 1 is 1.04 bits per heavy atom. The Morgan fingerprint density at radius 3 is 2.67 bits per heavy atom. The molecule has 122 valence electrons. The fourth-order valence-electron chi connectivity index (χ4n) is 2.36. The minimum atomic E-state index is -4.40. The maximum absolute atomic E-state index is 12.7. The molecule has 24 heavy (non-hydrogen) atoms. The van der Waals surface area contributed by atoms with Crippen molar-refractivity contribution in [2.45, 2.75) is 12.7 Å². The Morgan fingerprint density at radius 2 is 1.88 bits per heavy atom. The zero-order valence-corrected chi connectivity index (χ0v) is 12.5. The molecule has 1 heterocycles.